The van der Waals surface area contributed by atoms with E-state index in [2.05, 4.69) is 31.6 Å². The first-order chi connectivity index (χ1) is 32.5. The topological polar surface area (TPSA) is 390 Å². The highest BCUT2D eigenvalue weighted by Crippen LogP contribution is 2.37. The summed E-state index contributed by atoms with van der Waals surface area (Å²) in [7, 11) is 0. The maximum atomic E-state index is 14.6. The van der Waals surface area contributed by atoms with Crippen LogP contribution in [0.15, 0.2) is 4.99 Å². The first-order valence-corrected chi connectivity index (χ1v) is 23.0. The Hall–Kier alpha value is -6.19. The number of hydrogen-bond donors (Lipinski definition) is 7. The van der Waals surface area contributed by atoms with Crippen molar-refractivity contribution in [1.29, 1.82) is 0 Å². The van der Waals surface area contributed by atoms with Crippen molar-refractivity contribution in [2.45, 2.75) is 102 Å². The Balaban J connectivity index is 1.59. The molecule has 0 spiro atoms. The molecule has 0 aromatic carbocycles. The monoisotopic (exact) mass is 976 g/mol. The molecule has 0 aliphatic carbocycles. The zero-order chi connectivity index (χ0) is 51.0. The van der Waals surface area contributed by atoms with Gasteiger partial charge in [-0.2, -0.15) is 0 Å². The molecular weight excluding hydrogens is 911 g/mol. The second kappa shape index (κ2) is 26.0. The van der Waals surface area contributed by atoms with Crippen LogP contribution in [0.25, 0.3) is 0 Å². The molecule has 4 heterocycles. The summed E-state index contributed by atoms with van der Waals surface area (Å²) in [6.45, 7) is 3.79. The third kappa shape index (κ3) is 18.7. The molecule has 4 rings (SSSR count). The number of amides is 6. The zero-order valence-corrected chi connectivity index (χ0v) is 39.4. The summed E-state index contributed by atoms with van der Waals surface area (Å²) < 4.78 is 5.42. The number of hydrogen-bond acceptors (Lipinski definition) is 19. The molecule has 9 N–H and O–H groups in total. The molecule has 27 heteroatoms. The van der Waals surface area contributed by atoms with Gasteiger partial charge in [0.1, 0.15) is 29.8 Å². The second-order valence-corrected chi connectivity index (χ2v) is 18.6. The molecular formula is C42H66N13O14-3. The molecule has 27 nitrogen and oxygen atoms in total. The van der Waals surface area contributed by atoms with Gasteiger partial charge in [0, 0.05) is 91.0 Å². The normalized spacial score (nSPS) is 25.5. The lowest BCUT2D eigenvalue weighted by Crippen LogP contribution is -2.64. The van der Waals surface area contributed by atoms with Crippen LogP contribution in [0, 0.1) is 5.92 Å². The highest BCUT2D eigenvalue weighted by atomic mass is 16.6. The summed E-state index contributed by atoms with van der Waals surface area (Å²) in [6.07, 6.45) is -0.0645. The molecule has 0 radical (unpaired) electrons. The minimum atomic E-state index is -1.61. The van der Waals surface area contributed by atoms with Crippen molar-refractivity contribution in [2.75, 3.05) is 91.8 Å². The van der Waals surface area contributed by atoms with Crippen molar-refractivity contribution in [3.05, 3.63) is 0 Å². The fourth-order valence-corrected chi connectivity index (χ4v) is 8.79. The number of carbonyl (C=O) groups is 10. The smallest absolute Gasteiger partial charge is 0.308 e. The summed E-state index contributed by atoms with van der Waals surface area (Å²) in [5, 5.41) is 47.8. The Kier molecular flexibility index (Phi) is 20.9. The first-order valence-electron chi connectivity index (χ1n) is 23.0. The Morgan fingerprint density at radius 3 is 1.80 bits per heavy atom. The Morgan fingerprint density at radius 1 is 0.725 bits per heavy atom. The summed E-state index contributed by atoms with van der Waals surface area (Å²) in [4.78, 5) is 143. The van der Waals surface area contributed by atoms with Gasteiger partial charge in [0.2, 0.25) is 35.4 Å². The van der Waals surface area contributed by atoms with Gasteiger partial charge in [0.25, 0.3) is 0 Å². The summed E-state index contributed by atoms with van der Waals surface area (Å²) in [6, 6.07) is -5.89. The molecule has 386 valence electrons. The Bertz CT molecular complexity index is 1900. The number of nitrogens with zero attached hydrogens (tertiary/aromatic N) is 6. The number of piperidine rings is 1. The van der Waals surface area contributed by atoms with Crippen LogP contribution < -0.4 is 53.4 Å². The molecule has 2 bridgehead atoms. The number of ether oxygens (including phenoxy) is 1. The molecule has 6 atom stereocenters. The van der Waals surface area contributed by atoms with Gasteiger partial charge in [0.15, 0.2) is 5.96 Å². The van der Waals surface area contributed by atoms with Crippen LogP contribution >= 0.6 is 0 Å². The molecule has 0 unspecified atom stereocenters. The third-order valence-corrected chi connectivity index (χ3v) is 12.0. The average Bonchev–Trinajstić information content (AvgIpc) is 3.67. The molecule has 6 amide bonds. The van der Waals surface area contributed by atoms with E-state index in [1.807, 2.05) is 0 Å². The van der Waals surface area contributed by atoms with Gasteiger partial charge in [-0.15, -0.1) is 0 Å². The van der Waals surface area contributed by atoms with Crippen molar-refractivity contribution < 1.29 is 68.0 Å². The number of carboxylic acid groups (broad SMARTS) is 3. The standard InChI is InChI=1S/C42H69N13O14/c1-42(2,3)69-35(64)19-28-38(66)50-36-25(17-26-6-7-29(55(26)40(36)68)39(67)49-27(5-4-8-45-41(43)44)37(65)46-20-31(57)48-28)18-30(56)47-24-54-15-13-52(22-33(60)61)11-9-51(21-32(58)59)10-12-53(14-16-54)23-34(62)63/h25-29,36H,4-24H2,1-3H3,(H,46,65)(H,47,56)(H,48,57)(H,49,67)(H,50,66)(H,58,59)(H,60,61)(H,62,63)(H4,43,44,45)/p-3/t25-,26-,27-,28-,29-,36+/m0/s1. The number of aliphatic carboxylic acids is 3. The molecule has 0 aromatic heterocycles. The van der Waals surface area contributed by atoms with Gasteiger partial charge in [-0.1, -0.05) is 0 Å². The molecule has 0 aromatic rings. The molecule has 4 fully saturated rings. The fourth-order valence-electron chi connectivity index (χ4n) is 8.79. The molecule has 4 aliphatic rings. The van der Waals surface area contributed by atoms with E-state index in [9.17, 15) is 63.3 Å². The van der Waals surface area contributed by atoms with E-state index in [0.717, 1.165) is 0 Å². The van der Waals surface area contributed by atoms with Crippen molar-refractivity contribution >= 4 is 65.3 Å². The highest BCUT2D eigenvalue weighted by Gasteiger charge is 2.51. The number of guanidine groups is 1. The van der Waals surface area contributed by atoms with Gasteiger partial charge in [-0.3, -0.25) is 58.2 Å². The lowest BCUT2D eigenvalue weighted by molar-refractivity contribution is -0.308. The number of carbonyl (C=O) groups excluding carboxylic acids is 10. The maximum Gasteiger partial charge on any atom is 0.308 e. The third-order valence-electron chi connectivity index (χ3n) is 12.0. The fraction of sp³-hybridized carbons (Fsp3) is 0.738. The van der Waals surface area contributed by atoms with Gasteiger partial charge >= 0.3 is 5.97 Å². The Morgan fingerprint density at radius 2 is 1.28 bits per heavy atom. The van der Waals surface area contributed by atoms with Crippen molar-refractivity contribution in [2.24, 2.45) is 22.4 Å². The largest absolute Gasteiger partial charge is 0.549 e. The number of carboxylic acids is 3. The number of esters is 1. The average molecular weight is 977 g/mol. The molecule has 0 saturated carbocycles. The van der Waals surface area contributed by atoms with E-state index in [0.29, 0.717) is 6.42 Å². The van der Waals surface area contributed by atoms with Gasteiger partial charge in [0.05, 0.1) is 37.5 Å². The number of aliphatic imine (C=N–C) groups is 1. The number of fused-ring (bicyclic) bond motifs is 1. The lowest BCUT2D eigenvalue weighted by Gasteiger charge is -2.42. The first kappa shape index (κ1) is 55.4. The van der Waals surface area contributed by atoms with Gasteiger partial charge in [-0.25, -0.2) is 0 Å². The maximum absolute atomic E-state index is 14.6. The quantitative estimate of drug-likeness (QED) is 0.0327. The summed E-state index contributed by atoms with van der Waals surface area (Å²) >= 11 is 0. The predicted molar refractivity (Wildman–Crippen MR) is 234 cm³/mol. The van der Waals surface area contributed by atoms with E-state index in [4.69, 9.17) is 16.2 Å². The van der Waals surface area contributed by atoms with Crippen molar-refractivity contribution in [3.63, 3.8) is 0 Å². The molecule has 4 saturated heterocycles. The van der Waals surface area contributed by atoms with Crippen LogP contribution in [0.2, 0.25) is 0 Å². The van der Waals surface area contributed by atoms with Crippen molar-refractivity contribution in [3.8, 4) is 0 Å². The van der Waals surface area contributed by atoms with E-state index >= 15 is 0 Å². The number of rotatable bonds is 16. The number of nitrogens with two attached hydrogens (primary N) is 2. The predicted octanol–water partition coefficient (Wildman–Crippen LogP) is -9.33. The van der Waals surface area contributed by atoms with Crippen LogP contribution in [-0.2, 0) is 52.7 Å². The second-order valence-electron chi connectivity index (χ2n) is 18.6. The van der Waals surface area contributed by atoms with E-state index < -0.39 is 134 Å². The minimum absolute atomic E-state index is 0.0419. The molecule has 69 heavy (non-hydrogen) atoms. The zero-order valence-electron chi connectivity index (χ0n) is 39.4. The number of nitrogens with one attached hydrogen (secondary N) is 5. The summed E-state index contributed by atoms with van der Waals surface area (Å²) in [5.74, 6) is -10.5. The van der Waals surface area contributed by atoms with E-state index in [1.165, 1.54) is 9.80 Å². The summed E-state index contributed by atoms with van der Waals surface area (Å²) in [5.41, 5.74) is 9.89. The lowest BCUT2D eigenvalue weighted by atomic mass is 9.83. The van der Waals surface area contributed by atoms with Crippen LogP contribution in [-0.4, -0.2) is 217 Å². The van der Waals surface area contributed by atoms with Crippen LogP contribution in [0.1, 0.15) is 65.7 Å². The minimum Gasteiger partial charge on any atom is -0.549 e. The van der Waals surface area contributed by atoms with Crippen LogP contribution in [0.5, 0.6) is 0 Å². The van der Waals surface area contributed by atoms with Gasteiger partial charge < -0.3 is 77.4 Å². The van der Waals surface area contributed by atoms with Gasteiger partial charge in [-0.05, 0) is 58.8 Å². The highest BCUT2D eigenvalue weighted by molar-refractivity contribution is 5.99. The van der Waals surface area contributed by atoms with Crippen LogP contribution in [0.3, 0.4) is 0 Å². The SMILES string of the molecule is CC(C)(C)OC(=O)C[C@@H]1NC(=O)CNC(=O)[C@H](CCCN=C(N)N)NC(=O)[C@@H]2CC[C@H]3C[C@@H](CC(=O)NCN4CCN(CC(=O)[O-])CCN(CC(=O)[O-])CCN(CC(=O)[O-])CC4)[C@@H](NC1=O)C(=O)N32. The Labute approximate surface area is 399 Å². The molecule has 4 aliphatic heterocycles. The van der Waals surface area contributed by atoms with Crippen LogP contribution in [0.4, 0.5) is 0 Å². The van der Waals surface area contributed by atoms with E-state index in [1.54, 1.807) is 35.5 Å². The van der Waals surface area contributed by atoms with Crippen molar-refractivity contribution in [1.82, 2.24) is 51.1 Å². The van der Waals surface area contributed by atoms with E-state index in [-0.39, 0.29) is 104 Å².